The van der Waals surface area contributed by atoms with Crippen molar-refractivity contribution >= 4 is 34.3 Å². The fourth-order valence-electron chi connectivity index (χ4n) is 3.89. The number of carbonyl (C=O) groups is 1. The second kappa shape index (κ2) is 8.86. The molecule has 0 bridgehead atoms. The predicted octanol–water partition coefficient (Wildman–Crippen LogP) is 4.47. The molecule has 33 heavy (non-hydrogen) atoms. The number of aromatic nitrogens is 4. The Kier molecular flexibility index (Phi) is 6.12. The van der Waals surface area contributed by atoms with Crippen LogP contribution in [0.15, 0.2) is 52.4 Å². The lowest BCUT2D eigenvalue weighted by atomic mass is 10.1. The van der Waals surface area contributed by atoms with E-state index >= 15 is 0 Å². The molecule has 0 aliphatic rings. The molecule has 1 atom stereocenters. The second-order valence-corrected chi connectivity index (χ2v) is 9.62. The molecule has 2 aromatic carbocycles. The van der Waals surface area contributed by atoms with Gasteiger partial charge in [0.25, 0.3) is 5.56 Å². The second-order valence-electron chi connectivity index (χ2n) is 8.32. The lowest BCUT2D eigenvalue weighted by Gasteiger charge is -2.17. The topological polar surface area (TPSA) is 81.8 Å². The van der Waals surface area contributed by atoms with E-state index in [9.17, 15) is 9.59 Å². The first kappa shape index (κ1) is 22.8. The number of fused-ring (bicyclic) bond motifs is 1. The molecule has 0 spiro atoms. The number of carbonyl (C=O) groups excluding carboxylic acids is 1. The van der Waals surface area contributed by atoms with Crippen LogP contribution < -0.4 is 10.9 Å². The van der Waals surface area contributed by atoms with Crippen LogP contribution in [0.3, 0.4) is 0 Å². The lowest BCUT2D eigenvalue weighted by Crippen LogP contribution is -2.26. The van der Waals surface area contributed by atoms with Crippen LogP contribution in [0.5, 0.6) is 0 Å². The van der Waals surface area contributed by atoms with Crippen LogP contribution in [0.25, 0.3) is 16.6 Å². The summed E-state index contributed by atoms with van der Waals surface area (Å²) in [4.78, 5) is 31.3. The zero-order chi connectivity index (χ0) is 23.9. The first-order valence-electron chi connectivity index (χ1n) is 10.7. The van der Waals surface area contributed by atoms with Crippen LogP contribution in [0, 0.1) is 27.7 Å². The van der Waals surface area contributed by atoms with Gasteiger partial charge in [-0.1, -0.05) is 30.0 Å². The van der Waals surface area contributed by atoms with Gasteiger partial charge in [-0.2, -0.15) is 5.10 Å². The molecule has 1 unspecified atom stereocenters. The van der Waals surface area contributed by atoms with Gasteiger partial charge in [-0.25, -0.2) is 4.98 Å². The Labute approximate surface area is 196 Å². The van der Waals surface area contributed by atoms with Crippen molar-refractivity contribution in [3.63, 3.8) is 0 Å². The summed E-state index contributed by atoms with van der Waals surface area (Å²) in [6.45, 7) is 9.59. The minimum Gasteiger partial charge on any atom is -0.322 e. The number of thioether (sulfide) groups is 1. The third-order valence-electron chi connectivity index (χ3n) is 5.62. The van der Waals surface area contributed by atoms with Gasteiger partial charge in [0.05, 0.1) is 38.9 Å². The van der Waals surface area contributed by atoms with Crippen molar-refractivity contribution in [2.75, 3.05) is 5.32 Å². The number of hydrogen-bond acceptors (Lipinski definition) is 5. The van der Waals surface area contributed by atoms with Crippen molar-refractivity contribution in [1.82, 2.24) is 19.3 Å². The Morgan fingerprint density at radius 3 is 2.36 bits per heavy atom. The molecule has 7 nitrogen and oxygen atoms in total. The largest absolute Gasteiger partial charge is 0.322 e. The van der Waals surface area contributed by atoms with E-state index in [1.165, 1.54) is 11.8 Å². The summed E-state index contributed by atoms with van der Waals surface area (Å²) in [7, 11) is 1.84. The van der Waals surface area contributed by atoms with Gasteiger partial charge in [0.15, 0.2) is 5.16 Å². The van der Waals surface area contributed by atoms with E-state index in [1.807, 2.05) is 72.0 Å². The van der Waals surface area contributed by atoms with Gasteiger partial charge in [-0.3, -0.25) is 18.8 Å². The Morgan fingerprint density at radius 1 is 1.06 bits per heavy atom. The van der Waals surface area contributed by atoms with Crippen molar-refractivity contribution in [2.24, 2.45) is 7.05 Å². The van der Waals surface area contributed by atoms with Gasteiger partial charge in [0.1, 0.15) is 0 Å². The third kappa shape index (κ3) is 4.43. The van der Waals surface area contributed by atoms with Crippen LogP contribution in [0.1, 0.15) is 29.4 Å². The maximum Gasteiger partial charge on any atom is 0.266 e. The highest BCUT2D eigenvalue weighted by molar-refractivity contribution is 8.00. The number of rotatable bonds is 5. The van der Waals surface area contributed by atoms with E-state index in [2.05, 4.69) is 16.5 Å². The average Bonchev–Trinajstić information content (AvgIpc) is 2.99. The Morgan fingerprint density at radius 2 is 1.73 bits per heavy atom. The molecule has 1 N–H and O–H groups in total. The molecule has 0 fully saturated rings. The minimum absolute atomic E-state index is 0.153. The van der Waals surface area contributed by atoms with Crippen molar-refractivity contribution in [1.29, 1.82) is 0 Å². The zero-order valence-electron chi connectivity index (χ0n) is 19.6. The summed E-state index contributed by atoms with van der Waals surface area (Å²) in [6.07, 6.45) is 0. The highest BCUT2D eigenvalue weighted by Crippen LogP contribution is 2.27. The summed E-state index contributed by atoms with van der Waals surface area (Å²) >= 11 is 1.26. The first-order valence-corrected chi connectivity index (χ1v) is 11.6. The van der Waals surface area contributed by atoms with Crippen molar-refractivity contribution in [2.45, 2.75) is 45.0 Å². The average molecular weight is 462 g/mol. The van der Waals surface area contributed by atoms with E-state index in [4.69, 9.17) is 4.98 Å². The summed E-state index contributed by atoms with van der Waals surface area (Å²) in [6, 6.07) is 13.3. The van der Waals surface area contributed by atoms with Gasteiger partial charge < -0.3 is 5.32 Å². The van der Waals surface area contributed by atoms with Crippen LogP contribution in [-0.2, 0) is 11.8 Å². The predicted molar refractivity (Wildman–Crippen MR) is 133 cm³/mol. The number of benzene rings is 2. The molecule has 2 heterocycles. The van der Waals surface area contributed by atoms with E-state index in [-0.39, 0.29) is 11.5 Å². The van der Waals surface area contributed by atoms with Crippen molar-refractivity contribution in [3.8, 4) is 5.69 Å². The summed E-state index contributed by atoms with van der Waals surface area (Å²) < 4.78 is 3.35. The van der Waals surface area contributed by atoms with Crippen molar-refractivity contribution in [3.05, 3.63) is 75.3 Å². The molecule has 0 saturated heterocycles. The number of nitrogens with one attached hydrogen (secondary N) is 1. The van der Waals surface area contributed by atoms with Gasteiger partial charge in [-0.15, -0.1) is 0 Å². The van der Waals surface area contributed by atoms with E-state index < -0.39 is 5.25 Å². The highest BCUT2D eigenvalue weighted by atomic mass is 32.2. The Bertz CT molecular complexity index is 1420. The first-order chi connectivity index (χ1) is 15.7. The fraction of sp³-hybridized carbons (Fsp3) is 0.280. The number of anilines is 1. The van der Waals surface area contributed by atoms with Gasteiger partial charge in [0, 0.05) is 7.05 Å². The highest BCUT2D eigenvalue weighted by Gasteiger charge is 2.22. The monoisotopic (exact) mass is 461 g/mol. The molecule has 0 aliphatic heterocycles. The summed E-state index contributed by atoms with van der Waals surface area (Å²) in [5, 5.41) is 7.88. The normalized spacial score (nSPS) is 12.2. The SMILES string of the molecule is Cc1cc(C)cc(-n2c(SC(C)C(=O)Nc3c(C)nn(C)c3C)nc3ccccc3c2=O)c1. The van der Waals surface area contributed by atoms with E-state index in [0.29, 0.717) is 21.7 Å². The number of nitrogens with zero attached hydrogens (tertiary/aromatic N) is 4. The number of para-hydroxylation sites is 1. The quantitative estimate of drug-likeness (QED) is 0.350. The standard InChI is InChI=1S/C25H27N5O2S/c1-14-11-15(2)13-19(12-14)30-24(32)20-9-7-8-10-21(20)26-25(30)33-18(5)23(31)27-22-16(3)28-29(6)17(22)4/h7-13,18H,1-6H3,(H,27,31). The van der Waals surface area contributed by atoms with Crippen LogP contribution in [0.4, 0.5) is 5.69 Å². The minimum atomic E-state index is -0.491. The fourth-order valence-corrected chi connectivity index (χ4v) is 4.82. The summed E-state index contributed by atoms with van der Waals surface area (Å²) in [5.41, 5.74) is 5.66. The molecule has 1 amide bonds. The summed E-state index contributed by atoms with van der Waals surface area (Å²) in [5.74, 6) is -0.173. The number of amides is 1. The molecule has 4 aromatic rings. The van der Waals surface area contributed by atoms with Crippen LogP contribution in [-0.4, -0.2) is 30.5 Å². The molecule has 0 radical (unpaired) electrons. The smallest absolute Gasteiger partial charge is 0.266 e. The van der Waals surface area contributed by atoms with Gasteiger partial charge in [0.2, 0.25) is 5.91 Å². The zero-order valence-corrected chi connectivity index (χ0v) is 20.4. The van der Waals surface area contributed by atoms with Crippen LogP contribution >= 0.6 is 11.8 Å². The van der Waals surface area contributed by atoms with Gasteiger partial charge >= 0.3 is 0 Å². The number of hydrogen-bond donors (Lipinski definition) is 1. The molecule has 4 rings (SSSR count). The number of aryl methyl sites for hydroxylation is 4. The van der Waals surface area contributed by atoms with Gasteiger partial charge in [-0.05, 0) is 70.0 Å². The lowest BCUT2D eigenvalue weighted by molar-refractivity contribution is -0.115. The molecule has 170 valence electrons. The maximum atomic E-state index is 13.5. The molecule has 0 saturated carbocycles. The Hall–Kier alpha value is -3.39. The molecule has 2 aromatic heterocycles. The molecule has 8 heteroatoms. The molecular weight excluding hydrogens is 434 g/mol. The maximum absolute atomic E-state index is 13.5. The van der Waals surface area contributed by atoms with E-state index in [0.717, 1.165) is 28.2 Å². The molecule has 0 aliphatic carbocycles. The van der Waals surface area contributed by atoms with Crippen molar-refractivity contribution < 1.29 is 4.79 Å². The Balaban J connectivity index is 1.76. The molecular formula is C25H27N5O2S. The third-order valence-corrected chi connectivity index (χ3v) is 6.67. The van der Waals surface area contributed by atoms with E-state index in [1.54, 1.807) is 15.3 Å². The van der Waals surface area contributed by atoms with Crippen LogP contribution in [0.2, 0.25) is 0 Å².